The molecule has 0 unspecified atom stereocenters. The minimum absolute atomic E-state index is 0.399. The third kappa shape index (κ3) is 3.10. The Bertz CT molecular complexity index is 251. The lowest BCUT2D eigenvalue weighted by Gasteiger charge is -2.09. The van der Waals surface area contributed by atoms with E-state index in [0.29, 0.717) is 11.7 Å². The lowest BCUT2D eigenvalue weighted by molar-refractivity contribution is 0.469. The molecule has 0 aromatic heterocycles. The zero-order chi connectivity index (χ0) is 10.4. The fourth-order valence-electron chi connectivity index (χ4n) is 1.27. The Balaban J connectivity index is 0.000000671. The minimum Gasteiger partial charge on any atom is -0.508 e. The highest BCUT2D eigenvalue weighted by Crippen LogP contribution is 2.25. The van der Waals surface area contributed by atoms with Crippen LogP contribution in [0.1, 0.15) is 44.7 Å². The normalized spacial score (nSPS) is 9.38. The molecule has 0 fully saturated rings. The Morgan fingerprint density at radius 3 is 2.08 bits per heavy atom. The SMILES string of the molecule is CC.Cc1c(O)cccc1C(C)C. The summed E-state index contributed by atoms with van der Waals surface area (Å²) in [6, 6.07) is 5.67. The van der Waals surface area contributed by atoms with Gasteiger partial charge in [0.2, 0.25) is 0 Å². The van der Waals surface area contributed by atoms with Crippen molar-refractivity contribution in [1.82, 2.24) is 0 Å². The van der Waals surface area contributed by atoms with Gasteiger partial charge in [-0.05, 0) is 30.0 Å². The lowest BCUT2D eigenvalue weighted by atomic mass is 9.98. The molecule has 0 amide bonds. The molecule has 0 heterocycles. The van der Waals surface area contributed by atoms with Crippen molar-refractivity contribution in [2.45, 2.75) is 40.5 Å². The average molecular weight is 180 g/mol. The van der Waals surface area contributed by atoms with Gasteiger partial charge in [-0.1, -0.05) is 39.8 Å². The third-order valence-corrected chi connectivity index (χ3v) is 1.97. The molecule has 1 heteroatoms. The number of aromatic hydroxyl groups is 1. The van der Waals surface area contributed by atoms with Crippen LogP contribution in [0.3, 0.4) is 0 Å². The number of hydrogen-bond acceptors (Lipinski definition) is 1. The number of phenolic OH excluding ortho intramolecular Hbond substituents is 1. The van der Waals surface area contributed by atoms with E-state index in [1.807, 2.05) is 26.8 Å². The lowest BCUT2D eigenvalue weighted by Crippen LogP contribution is -1.90. The monoisotopic (exact) mass is 180 g/mol. The van der Waals surface area contributed by atoms with Gasteiger partial charge in [0.1, 0.15) is 5.75 Å². The van der Waals surface area contributed by atoms with Crippen molar-refractivity contribution in [2.24, 2.45) is 0 Å². The topological polar surface area (TPSA) is 20.2 Å². The van der Waals surface area contributed by atoms with Gasteiger partial charge in [0, 0.05) is 0 Å². The summed E-state index contributed by atoms with van der Waals surface area (Å²) in [5.41, 5.74) is 2.23. The fraction of sp³-hybridized carbons (Fsp3) is 0.500. The average Bonchev–Trinajstić information content (AvgIpc) is 2.13. The van der Waals surface area contributed by atoms with E-state index >= 15 is 0 Å². The second-order valence-electron chi connectivity index (χ2n) is 3.15. The first kappa shape index (κ1) is 12.0. The summed E-state index contributed by atoms with van der Waals surface area (Å²) in [5, 5.41) is 9.35. The van der Waals surface area contributed by atoms with Gasteiger partial charge in [-0.15, -0.1) is 0 Å². The second kappa shape index (κ2) is 5.63. The molecule has 1 rings (SSSR count). The molecule has 0 spiro atoms. The molecule has 0 saturated carbocycles. The maximum absolute atomic E-state index is 9.35. The predicted octanol–water partition coefficient (Wildman–Crippen LogP) is 3.85. The molecule has 1 aromatic carbocycles. The number of hydrogen-bond donors (Lipinski definition) is 1. The van der Waals surface area contributed by atoms with E-state index in [4.69, 9.17) is 0 Å². The van der Waals surface area contributed by atoms with Gasteiger partial charge in [-0.3, -0.25) is 0 Å². The summed E-state index contributed by atoms with van der Waals surface area (Å²) in [4.78, 5) is 0. The first-order chi connectivity index (χ1) is 6.13. The molecule has 0 saturated heterocycles. The molecule has 0 aliphatic carbocycles. The van der Waals surface area contributed by atoms with E-state index in [-0.39, 0.29) is 0 Å². The molecule has 1 nitrogen and oxygen atoms in total. The molecule has 0 bridgehead atoms. The van der Waals surface area contributed by atoms with Crippen LogP contribution in [0.5, 0.6) is 5.75 Å². The van der Waals surface area contributed by atoms with Crippen molar-refractivity contribution in [1.29, 1.82) is 0 Å². The van der Waals surface area contributed by atoms with Crippen molar-refractivity contribution in [3.63, 3.8) is 0 Å². The highest BCUT2D eigenvalue weighted by molar-refractivity contribution is 5.39. The van der Waals surface area contributed by atoms with Gasteiger partial charge in [0.05, 0.1) is 0 Å². The van der Waals surface area contributed by atoms with Crippen LogP contribution in [0.4, 0.5) is 0 Å². The van der Waals surface area contributed by atoms with Crippen LogP contribution >= 0.6 is 0 Å². The Hall–Kier alpha value is -0.980. The molecule has 74 valence electrons. The van der Waals surface area contributed by atoms with Crippen LogP contribution in [-0.4, -0.2) is 5.11 Å². The van der Waals surface area contributed by atoms with Crippen molar-refractivity contribution >= 4 is 0 Å². The molecule has 1 N–H and O–H groups in total. The minimum atomic E-state index is 0.399. The van der Waals surface area contributed by atoms with E-state index in [9.17, 15) is 5.11 Å². The van der Waals surface area contributed by atoms with E-state index in [1.54, 1.807) is 6.07 Å². The van der Waals surface area contributed by atoms with Crippen LogP contribution in [0.2, 0.25) is 0 Å². The largest absolute Gasteiger partial charge is 0.508 e. The van der Waals surface area contributed by atoms with Crippen LogP contribution in [0, 0.1) is 6.92 Å². The molecule has 0 aliphatic heterocycles. The highest BCUT2D eigenvalue weighted by atomic mass is 16.3. The van der Waals surface area contributed by atoms with E-state index < -0.39 is 0 Å². The number of phenols is 1. The summed E-state index contributed by atoms with van der Waals surface area (Å²) in [7, 11) is 0. The highest BCUT2D eigenvalue weighted by Gasteiger charge is 2.04. The molecule has 1 aromatic rings. The van der Waals surface area contributed by atoms with Crippen molar-refractivity contribution in [3.8, 4) is 5.75 Å². The first-order valence-electron chi connectivity index (χ1n) is 4.91. The van der Waals surface area contributed by atoms with E-state index in [1.165, 1.54) is 5.56 Å². The smallest absolute Gasteiger partial charge is 0.118 e. The third-order valence-electron chi connectivity index (χ3n) is 1.97. The fourth-order valence-corrected chi connectivity index (χ4v) is 1.27. The number of benzene rings is 1. The Kier molecular flexibility index (Phi) is 5.20. The zero-order valence-corrected chi connectivity index (χ0v) is 9.26. The van der Waals surface area contributed by atoms with Crippen LogP contribution in [-0.2, 0) is 0 Å². The Morgan fingerprint density at radius 2 is 1.69 bits per heavy atom. The van der Waals surface area contributed by atoms with E-state index in [0.717, 1.165) is 5.56 Å². The van der Waals surface area contributed by atoms with Crippen LogP contribution < -0.4 is 0 Å². The maximum Gasteiger partial charge on any atom is 0.118 e. The van der Waals surface area contributed by atoms with Gasteiger partial charge in [0.15, 0.2) is 0 Å². The zero-order valence-electron chi connectivity index (χ0n) is 9.26. The van der Waals surface area contributed by atoms with Crippen molar-refractivity contribution in [2.75, 3.05) is 0 Å². The van der Waals surface area contributed by atoms with E-state index in [2.05, 4.69) is 19.9 Å². The molecule has 0 radical (unpaired) electrons. The predicted molar refractivity (Wildman–Crippen MR) is 58.3 cm³/mol. The number of rotatable bonds is 1. The molecular weight excluding hydrogens is 160 g/mol. The van der Waals surface area contributed by atoms with Crippen molar-refractivity contribution < 1.29 is 5.11 Å². The van der Waals surface area contributed by atoms with Gasteiger partial charge in [-0.25, -0.2) is 0 Å². The molecule has 0 atom stereocenters. The summed E-state index contributed by atoms with van der Waals surface area (Å²) >= 11 is 0. The standard InChI is InChI=1S/C10H14O.C2H6/c1-7(2)9-5-4-6-10(11)8(9)3;1-2/h4-7,11H,1-3H3;1-2H3. The van der Waals surface area contributed by atoms with Gasteiger partial charge in [0.25, 0.3) is 0 Å². The summed E-state index contributed by atoms with van der Waals surface area (Å²) in [6.07, 6.45) is 0. The van der Waals surface area contributed by atoms with Gasteiger partial charge >= 0.3 is 0 Å². The van der Waals surface area contributed by atoms with Crippen LogP contribution in [0.15, 0.2) is 18.2 Å². The summed E-state index contributed by atoms with van der Waals surface area (Å²) in [6.45, 7) is 10.2. The van der Waals surface area contributed by atoms with Gasteiger partial charge in [-0.2, -0.15) is 0 Å². The first-order valence-corrected chi connectivity index (χ1v) is 4.91. The molecule has 0 aliphatic rings. The summed E-state index contributed by atoms with van der Waals surface area (Å²) < 4.78 is 0. The van der Waals surface area contributed by atoms with Crippen LogP contribution in [0.25, 0.3) is 0 Å². The Morgan fingerprint density at radius 1 is 1.15 bits per heavy atom. The second-order valence-corrected chi connectivity index (χ2v) is 3.15. The molecular formula is C12H20O. The van der Waals surface area contributed by atoms with Gasteiger partial charge < -0.3 is 5.11 Å². The quantitative estimate of drug-likeness (QED) is 0.696. The Labute approximate surface area is 81.4 Å². The molecule has 13 heavy (non-hydrogen) atoms. The maximum atomic E-state index is 9.35. The van der Waals surface area contributed by atoms with Crippen molar-refractivity contribution in [3.05, 3.63) is 29.3 Å². The summed E-state index contributed by atoms with van der Waals surface area (Å²) in [5.74, 6) is 0.887.